The molecule has 0 unspecified atom stereocenters. The fourth-order valence-corrected chi connectivity index (χ4v) is 6.00. The highest BCUT2D eigenvalue weighted by Crippen LogP contribution is 2.39. The highest BCUT2D eigenvalue weighted by molar-refractivity contribution is 5.96. The molecule has 2 saturated heterocycles. The molecule has 3 aliphatic rings. The Bertz CT molecular complexity index is 860. The fraction of sp³-hybridized carbons (Fsp3) is 0.679. The van der Waals surface area contributed by atoms with Gasteiger partial charge in [-0.05, 0) is 44.2 Å². The summed E-state index contributed by atoms with van der Waals surface area (Å²) < 4.78 is 0. The lowest BCUT2D eigenvalue weighted by Gasteiger charge is -2.43. The topological polar surface area (TPSA) is 73.0 Å². The van der Waals surface area contributed by atoms with Crippen molar-refractivity contribution < 1.29 is 14.4 Å². The maximum absolute atomic E-state index is 13.8. The first-order valence-corrected chi connectivity index (χ1v) is 13.7. The molecule has 2 heterocycles. The van der Waals surface area contributed by atoms with Gasteiger partial charge in [0.1, 0.15) is 12.1 Å². The lowest BCUT2D eigenvalue weighted by Crippen LogP contribution is -2.57. The third kappa shape index (κ3) is 5.99. The summed E-state index contributed by atoms with van der Waals surface area (Å²) in [5, 5.41) is 3.16. The number of para-hydroxylation sites is 1. The number of nitrogens with one attached hydrogen (secondary N) is 1. The molecule has 1 spiro atoms. The second-order valence-electron chi connectivity index (χ2n) is 10.5. The van der Waals surface area contributed by atoms with Gasteiger partial charge >= 0.3 is 0 Å². The summed E-state index contributed by atoms with van der Waals surface area (Å²) in [7, 11) is 0. The summed E-state index contributed by atoms with van der Waals surface area (Å²) in [6, 6.07) is 10.3. The number of anilines is 1. The van der Waals surface area contributed by atoms with Crippen molar-refractivity contribution in [2.24, 2.45) is 0 Å². The first-order valence-electron chi connectivity index (χ1n) is 13.7. The van der Waals surface area contributed by atoms with Crippen molar-refractivity contribution >= 4 is 23.4 Å². The third-order valence-corrected chi connectivity index (χ3v) is 8.07. The lowest BCUT2D eigenvalue weighted by atomic mass is 9.85. The minimum Gasteiger partial charge on any atom is -0.352 e. The Kier molecular flexibility index (Phi) is 8.69. The monoisotopic (exact) mass is 482 g/mol. The highest BCUT2D eigenvalue weighted by atomic mass is 16.2. The van der Waals surface area contributed by atoms with Gasteiger partial charge < -0.3 is 20.0 Å². The van der Waals surface area contributed by atoms with Crippen LogP contribution in [0.1, 0.15) is 84.0 Å². The van der Waals surface area contributed by atoms with E-state index >= 15 is 0 Å². The summed E-state index contributed by atoms with van der Waals surface area (Å²) in [6.45, 7) is 3.85. The number of carbonyl (C=O) groups excluding carboxylic acids is 3. The zero-order valence-corrected chi connectivity index (χ0v) is 21.3. The molecule has 0 radical (unpaired) electrons. The number of benzene rings is 1. The maximum atomic E-state index is 13.8. The van der Waals surface area contributed by atoms with Crippen LogP contribution in [0.25, 0.3) is 0 Å². The molecule has 2 aliphatic heterocycles. The lowest BCUT2D eigenvalue weighted by molar-refractivity contribution is -0.140. The number of unbranched alkanes of at least 4 members (excludes halogenated alkanes) is 3. The van der Waals surface area contributed by atoms with Gasteiger partial charge in [-0.2, -0.15) is 0 Å². The summed E-state index contributed by atoms with van der Waals surface area (Å²) in [5.74, 6) is 0.168. The van der Waals surface area contributed by atoms with Crippen LogP contribution in [-0.4, -0.2) is 65.4 Å². The molecule has 35 heavy (non-hydrogen) atoms. The molecule has 1 aliphatic carbocycles. The number of likely N-dealkylation sites (tertiary alicyclic amines) is 1. The van der Waals surface area contributed by atoms with Crippen molar-refractivity contribution in [1.29, 1.82) is 0 Å². The van der Waals surface area contributed by atoms with Crippen LogP contribution in [0, 0.1) is 0 Å². The minimum absolute atomic E-state index is 0.0233. The molecule has 192 valence electrons. The third-order valence-electron chi connectivity index (χ3n) is 8.07. The molecule has 3 fully saturated rings. The van der Waals surface area contributed by atoms with E-state index in [1.54, 1.807) is 4.90 Å². The van der Waals surface area contributed by atoms with Crippen molar-refractivity contribution in [3.8, 4) is 0 Å². The number of rotatable bonds is 9. The van der Waals surface area contributed by atoms with Gasteiger partial charge in [0.2, 0.25) is 11.8 Å². The number of hydrogen-bond donors (Lipinski definition) is 1. The first kappa shape index (κ1) is 25.5. The van der Waals surface area contributed by atoms with Crippen LogP contribution < -0.4 is 10.2 Å². The van der Waals surface area contributed by atoms with Crippen LogP contribution in [-0.2, 0) is 14.4 Å². The van der Waals surface area contributed by atoms with Crippen molar-refractivity contribution in [3.63, 3.8) is 0 Å². The highest BCUT2D eigenvalue weighted by Gasteiger charge is 2.54. The van der Waals surface area contributed by atoms with E-state index < -0.39 is 5.54 Å². The van der Waals surface area contributed by atoms with Crippen LogP contribution in [0.3, 0.4) is 0 Å². The largest absolute Gasteiger partial charge is 0.352 e. The number of piperidine rings is 1. The Hall–Kier alpha value is -2.57. The van der Waals surface area contributed by atoms with Crippen molar-refractivity contribution in [1.82, 2.24) is 15.1 Å². The molecule has 7 nitrogen and oxygen atoms in total. The molecule has 0 aromatic heterocycles. The number of amides is 3. The van der Waals surface area contributed by atoms with Crippen LogP contribution in [0.15, 0.2) is 30.3 Å². The number of hydrogen-bond acceptors (Lipinski definition) is 4. The van der Waals surface area contributed by atoms with Crippen LogP contribution in [0.2, 0.25) is 0 Å². The Balaban J connectivity index is 1.42. The Labute approximate surface area is 210 Å². The van der Waals surface area contributed by atoms with Gasteiger partial charge in [-0.25, -0.2) is 0 Å². The fourth-order valence-electron chi connectivity index (χ4n) is 6.00. The van der Waals surface area contributed by atoms with Gasteiger partial charge in [-0.1, -0.05) is 63.6 Å². The summed E-state index contributed by atoms with van der Waals surface area (Å²) >= 11 is 0. The molecular formula is C28H42N4O3. The number of carbonyl (C=O) groups is 3. The van der Waals surface area contributed by atoms with Crippen molar-refractivity contribution in [3.05, 3.63) is 30.3 Å². The van der Waals surface area contributed by atoms with E-state index in [9.17, 15) is 14.4 Å². The van der Waals surface area contributed by atoms with Crippen molar-refractivity contribution in [2.45, 2.75) is 95.6 Å². The molecule has 1 N–H and O–H groups in total. The predicted molar refractivity (Wildman–Crippen MR) is 138 cm³/mol. The van der Waals surface area contributed by atoms with Gasteiger partial charge in [-0.3, -0.25) is 14.4 Å². The van der Waals surface area contributed by atoms with Gasteiger partial charge in [0.25, 0.3) is 5.91 Å². The van der Waals surface area contributed by atoms with E-state index in [0.717, 1.165) is 50.6 Å². The second-order valence-corrected chi connectivity index (χ2v) is 10.5. The van der Waals surface area contributed by atoms with Gasteiger partial charge in [0.15, 0.2) is 0 Å². The van der Waals surface area contributed by atoms with E-state index in [0.29, 0.717) is 39.0 Å². The normalized spacial score (nSPS) is 20.5. The average Bonchev–Trinajstić information content (AvgIpc) is 3.14. The maximum Gasteiger partial charge on any atom is 0.250 e. The Morgan fingerprint density at radius 3 is 2.40 bits per heavy atom. The Morgan fingerprint density at radius 2 is 1.71 bits per heavy atom. The quantitative estimate of drug-likeness (QED) is 0.539. The summed E-state index contributed by atoms with van der Waals surface area (Å²) in [4.78, 5) is 45.2. The van der Waals surface area contributed by atoms with E-state index in [2.05, 4.69) is 17.1 Å². The van der Waals surface area contributed by atoms with Crippen LogP contribution >= 0.6 is 0 Å². The molecule has 1 aromatic carbocycles. The molecule has 1 saturated carbocycles. The van der Waals surface area contributed by atoms with Crippen molar-refractivity contribution in [2.75, 3.05) is 31.2 Å². The average molecular weight is 483 g/mol. The van der Waals surface area contributed by atoms with Crippen LogP contribution in [0.5, 0.6) is 0 Å². The molecule has 0 atom stereocenters. The minimum atomic E-state index is -0.689. The van der Waals surface area contributed by atoms with Gasteiger partial charge in [0.05, 0.1) is 6.67 Å². The zero-order chi connectivity index (χ0) is 24.7. The molecule has 3 amide bonds. The summed E-state index contributed by atoms with van der Waals surface area (Å²) in [6.07, 6.45) is 11.8. The molecule has 0 bridgehead atoms. The van der Waals surface area contributed by atoms with Crippen LogP contribution in [0.4, 0.5) is 5.69 Å². The van der Waals surface area contributed by atoms with Gasteiger partial charge in [0, 0.05) is 31.2 Å². The molecule has 1 aromatic rings. The standard InChI is InChI=1S/C28H42N4O3/c1-2-3-4-11-16-26(34)30-19-17-28(18-20-30)27(35)31(22-32(28)24-14-9-6-10-15-24)21-25(33)29-23-12-7-5-8-13-23/h6,9-10,14-15,23H,2-5,7-8,11-13,16-22H2,1H3,(H,29,33). The second kappa shape index (κ2) is 11.9. The van der Waals surface area contributed by atoms with E-state index in [1.165, 1.54) is 12.8 Å². The zero-order valence-electron chi connectivity index (χ0n) is 21.3. The predicted octanol–water partition coefficient (Wildman–Crippen LogP) is 4.07. The molecule has 4 rings (SSSR count). The Morgan fingerprint density at radius 1 is 1.00 bits per heavy atom. The molecule has 7 heteroatoms. The SMILES string of the molecule is CCCCCCC(=O)N1CCC2(CC1)C(=O)N(CC(=O)NC1CCCCC1)CN2c1ccccc1. The number of nitrogens with zero attached hydrogens (tertiary/aromatic N) is 3. The summed E-state index contributed by atoms with van der Waals surface area (Å²) in [5.41, 5.74) is 0.307. The van der Waals surface area contributed by atoms with E-state index in [1.807, 2.05) is 35.2 Å². The first-order chi connectivity index (χ1) is 17.0. The van der Waals surface area contributed by atoms with E-state index in [-0.39, 0.29) is 30.3 Å². The smallest absolute Gasteiger partial charge is 0.250 e. The van der Waals surface area contributed by atoms with Gasteiger partial charge in [-0.15, -0.1) is 0 Å². The van der Waals surface area contributed by atoms with E-state index in [4.69, 9.17) is 0 Å². The molecular weight excluding hydrogens is 440 g/mol.